The van der Waals surface area contributed by atoms with Crippen molar-refractivity contribution < 1.29 is 9.50 Å². The van der Waals surface area contributed by atoms with Crippen LogP contribution in [0.15, 0.2) is 22.7 Å². The average Bonchev–Trinajstić information content (AvgIpc) is 1.94. The predicted molar refractivity (Wildman–Crippen MR) is 44.7 cm³/mol. The number of halogens is 2. The Hall–Kier alpha value is -0.410. The molecular weight excluding hydrogens is 211 g/mol. The lowest BCUT2D eigenvalue weighted by molar-refractivity contribution is 0.198. The van der Waals surface area contributed by atoms with Crippen molar-refractivity contribution in [1.82, 2.24) is 0 Å². The maximum absolute atomic E-state index is 12.8. The van der Waals surface area contributed by atoms with E-state index in [1.165, 1.54) is 6.07 Å². The van der Waals surface area contributed by atoms with Gasteiger partial charge in [0, 0.05) is 0 Å². The first-order chi connectivity index (χ1) is 5.13. The fourth-order valence-corrected chi connectivity index (χ4v) is 1.44. The number of aliphatic hydroxyl groups is 1. The van der Waals surface area contributed by atoms with Crippen molar-refractivity contribution in [3.63, 3.8) is 0 Å². The summed E-state index contributed by atoms with van der Waals surface area (Å²) in [7, 11) is 0. The second kappa shape index (κ2) is 3.32. The first-order valence-electron chi connectivity index (χ1n) is 3.25. The molecule has 0 aliphatic rings. The molecule has 1 rings (SSSR count). The molecule has 1 nitrogen and oxygen atoms in total. The quantitative estimate of drug-likeness (QED) is 0.769. The van der Waals surface area contributed by atoms with E-state index >= 15 is 0 Å². The van der Waals surface area contributed by atoms with Gasteiger partial charge in [0.15, 0.2) is 0 Å². The van der Waals surface area contributed by atoms with Gasteiger partial charge in [0.25, 0.3) is 0 Å². The Balaban J connectivity index is 3.17. The number of benzene rings is 1. The first-order valence-corrected chi connectivity index (χ1v) is 4.04. The van der Waals surface area contributed by atoms with Crippen molar-refractivity contribution in [2.75, 3.05) is 0 Å². The molecule has 0 aliphatic heterocycles. The van der Waals surface area contributed by atoms with Crippen LogP contribution in [-0.4, -0.2) is 5.11 Å². The summed E-state index contributed by atoms with van der Waals surface area (Å²) in [5.41, 5.74) is 0.574. The van der Waals surface area contributed by atoms with E-state index < -0.39 is 6.10 Å². The molecule has 0 fully saturated rings. The number of hydrogen-bond acceptors (Lipinski definition) is 1. The van der Waals surface area contributed by atoms with Crippen molar-refractivity contribution >= 4 is 15.9 Å². The zero-order chi connectivity index (χ0) is 8.43. The third-order valence-electron chi connectivity index (χ3n) is 1.43. The Kier molecular flexibility index (Phi) is 2.62. The largest absolute Gasteiger partial charge is 0.389 e. The molecule has 1 atom stereocenters. The third-order valence-corrected chi connectivity index (χ3v) is 2.27. The van der Waals surface area contributed by atoms with Crippen molar-refractivity contribution in [2.24, 2.45) is 0 Å². The Morgan fingerprint density at radius 1 is 1.55 bits per heavy atom. The van der Waals surface area contributed by atoms with Crippen LogP contribution in [0.25, 0.3) is 0 Å². The Bertz CT molecular complexity index is 260. The molecule has 1 N–H and O–H groups in total. The molecule has 3 heteroatoms. The number of rotatable bonds is 1. The molecule has 0 unspecified atom stereocenters. The lowest BCUT2D eigenvalue weighted by atomic mass is 10.1. The average molecular weight is 219 g/mol. The number of aliphatic hydroxyl groups excluding tert-OH is 1. The second-order valence-corrected chi connectivity index (χ2v) is 3.11. The van der Waals surface area contributed by atoms with Crippen molar-refractivity contribution in [3.8, 4) is 0 Å². The van der Waals surface area contributed by atoms with Gasteiger partial charge in [0.2, 0.25) is 0 Å². The fourth-order valence-electron chi connectivity index (χ4n) is 0.843. The van der Waals surface area contributed by atoms with Gasteiger partial charge in [0.1, 0.15) is 5.82 Å². The van der Waals surface area contributed by atoms with Crippen LogP contribution in [0.4, 0.5) is 4.39 Å². The molecule has 0 radical (unpaired) electrons. The molecule has 1 aromatic rings. The standard InChI is InChI=1S/C8H8BrFO/c1-5(11)6-3-2-4-7(10)8(6)9/h2-5,11H,1H3/t5-/m1/s1. The van der Waals surface area contributed by atoms with Crippen LogP contribution in [0.5, 0.6) is 0 Å². The van der Waals surface area contributed by atoms with E-state index in [0.29, 0.717) is 10.0 Å². The molecule has 0 bridgehead atoms. The zero-order valence-electron chi connectivity index (χ0n) is 6.01. The van der Waals surface area contributed by atoms with Crippen LogP contribution in [0.2, 0.25) is 0 Å². The van der Waals surface area contributed by atoms with Gasteiger partial charge in [-0.3, -0.25) is 0 Å². The molecule has 0 saturated heterocycles. The summed E-state index contributed by atoms with van der Waals surface area (Å²) in [6.45, 7) is 1.60. The Labute approximate surface area is 73.0 Å². The van der Waals surface area contributed by atoms with Gasteiger partial charge in [-0.2, -0.15) is 0 Å². The normalized spacial score (nSPS) is 13.1. The second-order valence-electron chi connectivity index (χ2n) is 2.32. The Morgan fingerprint density at radius 2 is 2.18 bits per heavy atom. The van der Waals surface area contributed by atoms with Crippen molar-refractivity contribution in [2.45, 2.75) is 13.0 Å². The van der Waals surface area contributed by atoms with Crippen molar-refractivity contribution in [3.05, 3.63) is 34.1 Å². The third kappa shape index (κ3) is 1.79. The van der Waals surface area contributed by atoms with Crippen LogP contribution < -0.4 is 0 Å². The topological polar surface area (TPSA) is 20.2 Å². The maximum atomic E-state index is 12.8. The molecule has 0 saturated carbocycles. The SMILES string of the molecule is C[C@@H](O)c1cccc(F)c1Br. The molecule has 0 aliphatic carbocycles. The lowest BCUT2D eigenvalue weighted by Crippen LogP contribution is -1.93. The van der Waals surface area contributed by atoms with E-state index in [1.54, 1.807) is 19.1 Å². The van der Waals surface area contributed by atoms with Crippen LogP contribution in [0.3, 0.4) is 0 Å². The summed E-state index contributed by atoms with van der Waals surface area (Å²) >= 11 is 3.05. The molecule has 11 heavy (non-hydrogen) atoms. The highest BCUT2D eigenvalue weighted by Crippen LogP contribution is 2.25. The van der Waals surface area contributed by atoms with Gasteiger partial charge >= 0.3 is 0 Å². The van der Waals surface area contributed by atoms with Gasteiger partial charge in [-0.25, -0.2) is 4.39 Å². The molecule has 0 aromatic heterocycles. The zero-order valence-corrected chi connectivity index (χ0v) is 7.60. The van der Waals surface area contributed by atoms with E-state index in [1.807, 2.05) is 0 Å². The molecule has 0 amide bonds. The van der Waals surface area contributed by atoms with Crippen LogP contribution >= 0.6 is 15.9 Å². The van der Waals surface area contributed by atoms with Crippen LogP contribution in [0, 0.1) is 5.82 Å². The smallest absolute Gasteiger partial charge is 0.137 e. The van der Waals surface area contributed by atoms with Gasteiger partial charge < -0.3 is 5.11 Å². The summed E-state index contributed by atoms with van der Waals surface area (Å²) in [6, 6.07) is 4.59. The lowest BCUT2D eigenvalue weighted by Gasteiger charge is -2.06. The van der Waals surface area contributed by atoms with E-state index in [9.17, 15) is 4.39 Å². The summed E-state index contributed by atoms with van der Waals surface area (Å²) in [6.07, 6.45) is -0.639. The summed E-state index contributed by atoms with van der Waals surface area (Å²) in [4.78, 5) is 0. The summed E-state index contributed by atoms with van der Waals surface area (Å²) < 4.78 is 13.1. The molecule has 60 valence electrons. The predicted octanol–water partition coefficient (Wildman–Crippen LogP) is 2.64. The summed E-state index contributed by atoms with van der Waals surface area (Å²) in [5, 5.41) is 9.13. The monoisotopic (exact) mass is 218 g/mol. The van der Waals surface area contributed by atoms with E-state index in [0.717, 1.165) is 0 Å². The van der Waals surface area contributed by atoms with E-state index in [-0.39, 0.29) is 5.82 Å². The molecule has 1 aromatic carbocycles. The fraction of sp³-hybridized carbons (Fsp3) is 0.250. The van der Waals surface area contributed by atoms with Gasteiger partial charge in [-0.05, 0) is 34.5 Å². The van der Waals surface area contributed by atoms with Gasteiger partial charge in [-0.1, -0.05) is 12.1 Å². The highest BCUT2D eigenvalue weighted by atomic mass is 79.9. The molecule has 0 heterocycles. The summed E-state index contributed by atoms with van der Waals surface area (Å²) in [5.74, 6) is -0.344. The number of hydrogen-bond donors (Lipinski definition) is 1. The molecule has 0 spiro atoms. The highest BCUT2D eigenvalue weighted by molar-refractivity contribution is 9.10. The van der Waals surface area contributed by atoms with E-state index in [4.69, 9.17) is 5.11 Å². The molecular formula is C8H8BrFO. The van der Waals surface area contributed by atoms with Gasteiger partial charge in [0.05, 0.1) is 10.6 Å². The maximum Gasteiger partial charge on any atom is 0.137 e. The Morgan fingerprint density at radius 3 is 2.64 bits per heavy atom. The van der Waals surface area contributed by atoms with Crippen LogP contribution in [-0.2, 0) is 0 Å². The van der Waals surface area contributed by atoms with E-state index in [2.05, 4.69) is 15.9 Å². The minimum atomic E-state index is -0.639. The highest BCUT2D eigenvalue weighted by Gasteiger charge is 2.08. The van der Waals surface area contributed by atoms with Crippen LogP contribution in [0.1, 0.15) is 18.6 Å². The van der Waals surface area contributed by atoms with Gasteiger partial charge in [-0.15, -0.1) is 0 Å². The minimum absolute atomic E-state index is 0.343. The minimum Gasteiger partial charge on any atom is -0.389 e. The van der Waals surface area contributed by atoms with Crippen molar-refractivity contribution in [1.29, 1.82) is 0 Å². The first kappa shape index (κ1) is 8.68.